The molecule has 2 aromatic rings. The van der Waals surface area contributed by atoms with Gasteiger partial charge in [-0.3, -0.25) is 14.5 Å². The van der Waals surface area contributed by atoms with Crippen molar-refractivity contribution in [3.8, 4) is 5.75 Å². The Kier molecular flexibility index (Phi) is 4.81. The molecule has 1 aliphatic rings. The number of aromatic carboxylic acids is 1. The molecule has 2 N–H and O–H groups in total. The molecule has 1 aliphatic heterocycles. The van der Waals surface area contributed by atoms with E-state index in [1.165, 1.54) is 23.1 Å². The number of carboxylic acids is 1. The van der Waals surface area contributed by atoms with Crippen molar-refractivity contribution in [2.24, 2.45) is 0 Å². The Hall–Kier alpha value is -3.06. The highest BCUT2D eigenvalue weighted by molar-refractivity contribution is 6.31. The second-order valence-electron chi connectivity index (χ2n) is 5.76. The molecule has 0 saturated carbocycles. The SMILES string of the molecule is Cc1ccc(Cl)cc1NC(=O)CN1C(=O)COc2ccc(C(=O)O)cc21. The van der Waals surface area contributed by atoms with Gasteiger partial charge < -0.3 is 15.2 Å². The third-order valence-corrected chi connectivity index (χ3v) is 4.16. The van der Waals surface area contributed by atoms with Gasteiger partial charge in [0, 0.05) is 10.7 Å². The first-order chi connectivity index (χ1) is 12.3. The van der Waals surface area contributed by atoms with Gasteiger partial charge in [-0.25, -0.2) is 4.79 Å². The van der Waals surface area contributed by atoms with Crippen LogP contribution in [0.3, 0.4) is 0 Å². The van der Waals surface area contributed by atoms with Gasteiger partial charge in [-0.1, -0.05) is 17.7 Å². The number of nitrogens with zero attached hydrogens (tertiary/aromatic N) is 1. The highest BCUT2D eigenvalue weighted by Gasteiger charge is 2.28. The standard InChI is InChI=1S/C18H15ClN2O5/c1-10-2-4-12(19)7-13(10)20-16(22)8-21-14-6-11(18(24)25)3-5-15(14)26-9-17(21)23/h2-7H,8-9H2,1H3,(H,20,22)(H,24,25). The zero-order valence-electron chi connectivity index (χ0n) is 13.8. The van der Waals surface area contributed by atoms with Crippen molar-refractivity contribution in [2.45, 2.75) is 6.92 Å². The van der Waals surface area contributed by atoms with Crippen LogP contribution in [0, 0.1) is 6.92 Å². The van der Waals surface area contributed by atoms with Gasteiger partial charge in [-0.05, 0) is 42.8 Å². The van der Waals surface area contributed by atoms with E-state index >= 15 is 0 Å². The van der Waals surface area contributed by atoms with Crippen molar-refractivity contribution in [3.05, 3.63) is 52.5 Å². The second kappa shape index (κ2) is 7.05. The van der Waals surface area contributed by atoms with Crippen molar-refractivity contribution in [1.29, 1.82) is 0 Å². The number of hydrogen-bond donors (Lipinski definition) is 2. The monoisotopic (exact) mass is 374 g/mol. The molecule has 0 radical (unpaired) electrons. The molecule has 0 aromatic heterocycles. The van der Waals surface area contributed by atoms with Gasteiger partial charge in [-0.2, -0.15) is 0 Å². The van der Waals surface area contributed by atoms with Gasteiger partial charge in [-0.15, -0.1) is 0 Å². The fourth-order valence-electron chi connectivity index (χ4n) is 2.57. The predicted octanol–water partition coefficient (Wildman–Crippen LogP) is 2.71. The first kappa shape index (κ1) is 17.8. The third kappa shape index (κ3) is 3.62. The second-order valence-corrected chi connectivity index (χ2v) is 6.20. The number of rotatable bonds is 4. The fourth-order valence-corrected chi connectivity index (χ4v) is 2.74. The predicted molar refractivity (Wildman–Crippen MR) is 96.1 cm³/mol. The van der Waals surface area contributed by atoms with E-state index in [2.05, 4.69) is 5.32 Å². The lowest BCUT2D eigenvalue weighted by Gasteiger charge is -2.29. The molecular weight excluding hydrogens is 360 g/mol. The average molecular weight is 375 g/mol. The number of anilines is 2. The molecule has 2 amide bonds. The van der Waals surface area contributed by atoms with Crippen LogP contribution in [-0.4, -0.2) is 36.0 Å². The lowest BCUT2D eigenvalue weighted by atomic mass is 10.1. The quantitative estimate of drug-likeness (QED) is 0.857. The van der Waals surface area contributed by atoms with E-state index in [0.29, 0.717) is 16.5 Å². The summed E-state index contributed by atoms with van der Waals surface area (Å²) in [5.74, 6) is -1.65. The highest BCUT2D eigenvalue weighted by atomic mass is 35.5. The van der Waals surface area contributed by atoms with Crippen LogP contribution in [0.15, 0.2) is 36.4 Å². The summed E-state index contributed by atoms with van der Waals surface area (Å²) >= 11 is 5.94. The van der Waals surface area contributed by atoms with Gasteiger partial charge in [0.15, 0.2) is 6.61 Å². The van der Waals surface area contributed by atoms with Crippen LogP contribution in [-0.2, 0) is 9.59 Å². The lowest BCUT2D eigenvalue weighted by Crippen LogP contribution is -2.43. The molecule has 134 valence electrons. The van der Waals surface area contributed by atoms with Crippen LogP contribution >= 0.6 is 11.6 Å². The Bertz CT molecular complexity index is 912. The van der Waals surface area contributed by atoms with Crippen LogP contribution in [0.1, 0.15) is 15.9 Å². The molecule has 3 rings (SSSR count). The van der Waals surface area contributed by atoms with E-state index in [0.717, 1.165) is 5.56 Å². The molecule has 0 fully saturated rings. The van der Waals surface area contributed by atoms with Gasteiger partial charge in [0.25, 0.3) is 5.91 Å². The third-order valence-electron chi connectivity index (χ3n) is 3.92. The van der Waals surface area contributed by atoms with E-state index in [4.69, 9.17) is 21.4 Å². The number of benzene rings is 2. The first-order valence-corrected chi connectivity index (χ1v) is 8.09. The first-order valence-electron chi connectivity index (χ1n) is 7.71. The molecular formula is C18H15ClN2O5. The summed E-state index contributed by atoms with van der Waals surface area (Å²) in [6.07, 6.45) is 0. The molecule has 26 heavy (non-hydrogen) atoms. The Labute approximate surface area is 154 Å². The van der Waals surface area contributed by atoms with Crippen molar-refractivity contribution in [2.75, 3.05) is 23.4 Å². The van der Waals surface area contributed by atoms with Crippen LogP contribution in [0.4, 0.5) is 11.4 Å². The Morgan fingerprint density at radius 1 is 1.27 bits per heavy atom. The summed E-state index contributed by atoms with van der Waals surface area (Å²) in [6, 6.07) is 9.26. The molecule has 8 heteroatoms. The Morgan fingerprint density at radius 2 is 2.04 bits per heavy atom. The van der Waals surface area contributed by atoms with Crippen LogP contribution in [0.2, 0.25) is 5.02 Å². The zero-order chi connectivity index (χ0) is 18.8. The minimum atomic E-state index is -1.13. The van der Waals surface area contributed by atoms with Crippen molar-refractivity contribution in [3.63, 3.8) is 0 Å². The van der Waals surface area contributed by atoms with Gasteiger partial charge >= 0.3 is 5.97 Å². The largest absolute Gasteiger partial charge is 0.482 e. The molecule has 1 heterocycles. The number of carbonyl (C=O) groups is 3. The Morgan fingerprint density at radius 3 is 2.77 bits per heavy atom. The maximum Gasteiger partial charge on any atom is 0.335 e. The molecule has 0 bridgehead atoms. The number of carbonyl (C=O) groups excluding carboxylic acids is 2. The van der Waals surface area contributed by atoms with E-state index in [1.54, 1.807) is 18.2 Å². The fraction of sp³-hybridized carbons (Fsp3) is 0.167. The maximum absolute atomic E-state index is 12.4. The minimum Gasteiger partial charge on any atom is -0.482 e. The smallest absolute Gasteiger partial charge is 0.335 e. The van der Waals surface area contributed by atoms with E-state index in [-0.39, 0.29) is 24.4 Å². The average Bonchev–Trinajstić information content (AvgIpc) is 2.60. The molecule has 0 atom stereocenters. The van der Waals surface area contributed by atoms with Gasteiger partial charge in [0.05, 0.1) is 11.3 Å². The normalized spacial score (nSPS) is 13.0. The lowest BCUT2D eigenvalue weighted by molar-refractivity contribution is -0.123. The summed E-state index contributed by atoms with van der Waals surface area (Å²) < 4.78 is 5.30. The highest BCUT2D eigenvalue weighted by Crippen LogP contribution is 2.33. The summed E-state index contributed by atoms with van der Waals surface area (Å²) in [5, 5.41) is 12.3. The Balaban J connectivity index is 1.84. The van der Waals surface area contributed by atoms with E-state index in [1.807, 2.05) is 6.92 Å². The number of aryl methyl sites for hydroxylation is 1. The number of amides is 2. The van der Waals surface area contributed by atoms with Crippen LogP contribution in [0.25, 0.3) is 0 Å². The number of ether oxygens (including phenoxy) is 1. The van der Waals surface area contributed by atoms with Gasteiger partial charge in [0.2, 0.25) is 5.91 Å². The van der Waals surface area contributed by atoms with Crippen LogP contribution in [0.5, 0.6) is 5.75 Å². The van der Waals surface area contributed by atoms with Crippen molar-refractivity contribution < 1.29 is 24.2 Å². The maximum atomic E-state index is 12.4. The number of carboxylic acid groups (broad SMARTS) is 1. The number of nitrogens with one attached hydrogen (secondary N) is 1. The molecule has 0 saturated heterocycles. The summed E-state index contributed by atoms with van der Waals surface area (Å²) in [4.78, 5) is 37.0. The van der Waals surface area contributed by atoms with Crippen LogP contribution < -0.4 is 15.0 Å². The molecule has 7 nitrogen and oxygen atoms in total. The summed E-state index contributed by atoms with van der Waals surface area (Å²) in [7, 11) is 0. The number of hydrogen-bond acceptors (Lipinski definition) is 4. The zero-order valence-corrected chi connectivity index (χ0v) is 14.5. The van der Waals surface area contributed by atoms with E-state index in [9.17, 15) is 14.4 Å². The summed E-state index contributed by atoms with van der Waals surface area (Å²) in [6.45, 7) is 1.33. The topological polar surface area (TPSA) is 95.9 Å². The van der Waals surface area contributed by atoms with Crippen molar-refractivity contribution >= 4 is 40.8 Å². The number of halogens is 1. The van der Waals surface area contributed by atoms with Gasteiger partial charge in [0.1, 0.15) is 12.3 Å². The minimum absolute atomic E-state index is 0.00172. The van der Waals surface area contributed by atoms with E-state index < -0.39 is 17.8 Å². The molecule has 2 aromatic carbocycles. The molecule has 0 unspecified atom stereocenters. The van der Waals surface area contributed by atoms with Crippen molar-refractivity contribution in [1.82, 2.24) is 0 Å². The molecule has 0 spiro atoms. The molecule has 0 aliphatic carbocycles. The number of fused-ring (bicyclic) bond motifs is 1. The summed E-state index contributed by atoms with van der Waals surface area (Å²) in [5.41, 5.74) is 1.62.